The van der Waals surface area contributed by atoms with Crippen LogP contribution in [0.5, 0.6) is 0 Å². The van der Waals surface area contributed by atoms with Crippen molar-refractivity contribution in [2.75, 3.05) is 0 Å². The Morgan fingerprint density at radius 2 is 2.04 bits per heavy atom. The number of carbonyl (C=O) groups excluding carboxylic acids is 2. The molecule has 5 heteroatoms. The van der Waals surface area contributed by atoms with Gasteiger partial charge < -0.3 is 14.6 Å². The zero-order chi connectivity index (χ0) is 17.1. The minimum atomic E-state index is -0.472. The minimum Gasteiger partial charge on any atom is -0.467 e. The largest absolute Gasteiger partial charge is 0.467 e. The molecule has 0 unspecified atom stereocenters. The predicted octanol–water partition coefficient (Wildman–Crippen LogP) is 2.97. The minimum absolute atomic E-state index is 0.0654. The maximum absolute atomic E-state index is 12.7. The highest BCUT2D eigenvalue weighted by molar-refractivity contribution is 6.01. The summed E-state index contributed by atoms with van der Waals surface area (Å²) >= 11 is 0. The van der Waals surface area contributed by atoms with Crippen molar-refractivity contribution in [1.29, 1.82) is 0 Å². The number of hydrogen-bond donors (Lipinski definition) is 1. The van der Waals surface area contributed by atoms with Crippen molar-refractivity contribution in [2.45, 2.75) is 39.4 Å². The van der Waals surface area contributed by atoms with E-state index in [1.165, 1.54) is 0 Å². The lowest BCUT2D eigenvalue weighted by molar-refractivity contribution is -0.126. The lowest BCUT2D eigenvalue weighted by Crippen LogP contribution is -2.47. The van der Waals surface area contributed by atoms with Gasteiger partial charge in [-0.15, -0.1) is 0 Å². The van der Waals surface area contributed by atoms with E-state index < -0.39 is 6.04 Å². The van der Waals surface area contributed by atoms with Crippen LogP contribution in [-0.4, -0.2) is 22.8 Å². The molecule has 2 aromatic rings. The zero-order valence-electron chi connectivity index (χ0n) is 14.0. The van der Waals surface area contributed by atoms with E-state index in [0.29, 0.717) is 36.8 Å². The average Bonchev–Trinajstić information content (AvgIpc) is 3.19. The van der Waals surface area contributed by atoms with E-state index >= 15 is 0 Å². The van der Waals surface area contributed by atoms with Gasteiger partial charge in [-0.2, -0.15) is 0 Å². The lowest BCUT2D eigenvalue weighted by atomic mass is 10.0. The van der Waals surface area contributed by atoms with Gasteiger partial charge in [-0.1, -0.05) is 32.0 Å². The Kier molecular flexibility index (Phi) is 4.69. The third-order valence-corrected chi connectivity index (χ3v) is 4.24. The van der Waals surface area contributed by atoms with Crippen molar-refractivity contribution >= 4 is 11.8 Å². The van der Waals surface area contributed by atoms with Crippen molar-refractivity contribution in [1.82, 2.24) is 10.2 Å². The van der Waals surface area contributed by atoms with Crippen molar-refractivity contribution in [3.8, 4) is 0 Å². The third-order valence-electron chi connectivity index (χ3n) is 4.24. The normalized spacial score (nSPS) is 14.8. The Labute approximate surface area is 141 Å². The topological polar surface area (TPSA) is 62.6 Å². The summed E-state index contributed by atoms with van der Waals surface area (Å²) in [6, 6.07) is 10.7. The molecule has 1 aromatic carbocycles. The molecular formula is C19H22N2O3. The smallest absolute Gasteiger partial charge is 0.255 e. The fourth-order valence-corrected chi connectivity index (χ4v) is 3.06. The fraction of sp³-hybridized carbons (Fsp3) is 0.368. The van der Waals surface area contributed by atoms with Gasteiger partial charge in [-0.25, -0.2) is 0 Å². The van der Waals surface area contributed by atoms with Crippen LogP contribution in [0.15, 0.2) is 47.1 Å². The highest BCUT2D eigenvalue weighted by Gasteiger charge is 2.36. The number of amides is 2. The van der Waals surface area contributed by atoms with E-state index in [4.69, 9.17) is 4.42 Å². The first-order valence-electron chi connectivity index (χ1n) is 8.25. The van der Waals surface area contributed by atoms with Crippen LogP contribution in [0.1, 0.15) is 41.9 Å². The van der Waals surface area contributed by atoms with Crippen LogP contribution in [-0.2, 0) is 17.9 Å². The van der Waals surface area contributed by atoms with E-state index in [0.717, 1.165) is 5.56 Å². The van der Waals surface area contributed by atoms with Gasteiger partial charge in [0.05, 0.1) is 12.8 Å². The molecule has 3 rings (SSSR count). The van der Waals surface area contributed by atoms with Crippen LogP contribution in [0.3, 0.4) is 0 Å². The number of nitrogens with one attached hydrogen (secondary N) is 1. The second kappa shape index (κ2) is 6.91. The first-order chi connectivity index (χ1) is 11.6. The van der Waals surface area contributed by atoms with Gasteiger partial charge in [0, 0.05) is 12.1 Å². The summed E-state index contributed by atoms with van der Waals surface area (Å²) in [5, 5.41) is 2.89. The Morgan fingerprint density at radius 3 is 2.71 bits per heavy atom. The van der Waals surface area contributed by atoms with Gasteiger partial charge in [0.1, 0.15) is 11.8 Å². The maximum atomic E-state index is 12.7. The van der Waals surface area contributed by atoms with Crippen LogP contribution in [0.4, 0.5) is 0 Å². The van der Waals surface area contributed by atoms with Gasteiger partial charge in [0.15, 0.2) is 0 Å². The lowest BCUT2D eigenvalue weighted by Gasteiger charge is -2.28. The molecule has 1 N–H and O–H groups in total. The van der Waals surface area contributed by atoms with E-state index in [-0.39, 0.29) is 11.8 Å². The van der Waals surface area contributed by atoms with Crippen LogP contribution in [0.25, 0.3) is 0 Å². The first-order valence-corrected chi connectivity index (χ1v) is 8.25. The number of rotatable bonds is 6. The number of nitrogens with zero attached hydrogens (tertiary/aromatic N) is 1. The Bertz CT molecular complexity index is 722. The van der Waals surface area contributed by atoms with Gasteiger partial charge in [0.2, 0.25) is 5.91 Å². The van der Waals surface area contributed by atoms with Crippen molar-refractivity contribution in [2.24, 2.45) is 5.92 Å². The van der Waals surface area contributed by atoms with Crippen molar-refractivity contribution in [3.63, 3.8) is 0 Å². The molecule has 0 bridgehead atoms. The Hall–Kier alpha value is -2.56. The maximum Gasteiger partial charge on any atom is 0.255 e. The number of furan rings is 1. The highest BCUT2D eigenvalue weighted by Crippen LogP contribution is 2.26. The van der Waals surface area contributed by atoms with Gasteiger partial charge in [-0.3, -0.25) is 9.59 Å². The molecule has 0 saturated carbocycles. The van der Waals surface area contributed by atoms with Crippen molar-refractivity contribution in [3.05, 3.63) is 59.5 Å². The van der Waals surface area contributed by atoms with Crippen LogP contribution in [0, 0.1) is 5.92 Å². The summed E-state index contributed by atoms with van der Waals surface area (Å²) in [5.41, 5.74) is 1.68. The summed E-state index contributed by atoms with van der Waals surface area (Å²) < 4.78 is 5.25. The SMILES string of the molecule is CC(C)C[C@@H](C(=O)NCc1ccco1)N1Cc2ccccc2C1=O. The number of benzene rings is 1. The number of hydrogen-bond acceptors (Lipinski definition) is 3. The summed E-state index contributed by atoms with van der Waals surface area (Å²) in [5.74, 6) is 0.800. The van der Waals surface area contributed by atoms with E-state index in [1.807, 2.05) is 30.3 Å². The van der Waals surface area contributed by atoms with Crippen LogP contribution < -0.4 is 5.32 Å². The van der Waals surface area contributed by atoms with Gasteiger partial charge in [0.25, 0.3) is 5.91 Å². The van der Waals surface area contributed by atoms with Crippen molar-refractivity contribution < 1.29 is 14.0 Å². The van der Waals surface area contributed by atoms with Gasteiger partial charge >= 0.3 is 0 Å². The third kappa shape index (κ3) is 3.35. The second-order valence-electron chi connectivity index (χ2n) is 6.53. The summed E-state index contributed by atoms with van der Waals surface area (Å²) in [4.78, 5) is 27.1. The fourth-order valence-electron chi connectivity index (χ4n) is 3.06. The molecule has 0 radical (unpaired) electrons. The molecule has 1 aliphatic rings. The Balaban J connectivity index is 1.74. The average molecular weight is 326 g/mol. The van der Waals surface area contributed by atoms with E-state index in [9.17, 15) is 9.59 Å². The number of fused-ring (bicyclic) bond motifs is 1. The molecule has 1 atom stereocenters. The number of carbonyl (C=O) groups is 2. The van der Waals surface area contributed by atoms with E-state index in [1.54, 1.807) is 17.2 Å². The predicted molar refractivity (Wildman–Crippen MR) is 90.1 cm³/mol. The quantitative estimate of drug-likeness (QED) is 0.888. The molecule has 5 nitrogen and oxygen atoms in total. The summed E-state index contributed by atoms with van der Waals surface area (Å²) in [7, 11) is 0. The molecule has 0 saturated heterocycles. The molecule has 1 aromatic heterocycles. The molecule has 2 amide bonds. The molecule has 2 heterocycles. The summed E-state index contributed by atoms with van der Waals surface area (Å²) in [6.07, 6.45) is 2.21. The Morgan fingerprint density at radius 1 is 1.25 bits per heavy atom. The zero-order valence-corrected chi connectivity index (χ0v) is 14.0. The van der Waals surface area contributed by atoms with Gasteiger partial charge in [-0.05, 0) is 36.1 Å². The molecule has 24 heavy (non-hydrogen) atoms. The molecule has 1 aliphatic heterocycles. The van der Waals surface area contributed by atoms with E-state index in [2.05, 4.69) is 19.2 Å². The van der Waals surface area contributed by atoms with Crippen LogP contribution in [0.2, 0.25) is 0 Å². The summed E-state index contributed by atoms with van der Waals surface area (Å²) in [6.45, 7) is 4.93. The molecule has 0 aliphatic carbocycles. The van der Waals surface area contributed by atoms with Crippen LogP contribution >= 0.6 is 0 Å². The highest BCUT2D eigenvalue weighted by atomic mass is 16.3. The molecule has 0 spiro atoms. The first kappa shape index (κ1) is 16.3. The standard InChI is InChI=1S/C19H22N2O3/c1-13(2)10-17(18(22)20-11-15-7-5-9-24-15)21-12-14-6-3-4-8-16(14)19(21)23/h3-9,13,17H,10-12H2,1-2H3,(H,20,22)/t17-/m0/s1. The molecule has 126 valence electrons. The molecular weight excluding hydrogens is 304 g/mol. The molecule has 0 fully saturated rings. The monoisotopic (exact) mass is 326 g/mol. The second-order valence-corrected chi connectivity index (χ2v) is 6.53.